The predicted molar refractivity (Wildman–Crippen MR) is 71.7 cm³/mol. The number of unbranched alkanes of at least 4 members (excludes halogenated alkanes) is 3. The van der Waals surface area contributed by atoms with Gasteiger partial charge in [0.1, 0.15) is 19.3 Å². The van der Waals surface area contributed by atoms with Crippen LogP contribution in [0.4, 0.5) is 0 Å². The fraction of sp³-hybridized carbons (Fsp3) is 0.857. The van der Waals surface area contributed by atoms with Gasteiger partial charge < -0.3 is 14.2 Å². The van der Waals surface area contributed by atoms with Gasteiger partial charge in [0.15, 0.2) is 0 Å². The van der Waals surface area contributed by atoms with Crippen LogP contribution in [0.5, 0.6) is 0 Å². The van der Waals surface area contributed by atoms with Gasteiger partial charge in [-0.05, 0) is 6.42 Å². The number of hydrogen-bond acceptors (Lipinski definition) is 5. The van der Waals surface area contributed by atoms with Crippen LogP contribution in [0.3, 0.4) is 0 Å². The Morgan fingerprint density at radius 1 is 1.21 bits per heavy atom. The van der Waals surface area contributed by atoms with Gasteiger partial charge in [-0.2, -0.15) is 0 Å². The first kappa shape index (κ1) is 17.9. The van der Waals surface area contributed by atoms with Crippen molar-refractivity contribution in [1.29, 1.82) is 0 Å². The summed E-state index contributed by atoms with van der Waals surface area (Å²) in [5, 5.41) is 0. The van der Waals surface area contributed by atoms with Crippen molar-refractivity contribution in [2.45, 2.75) is 52.1 Å². The van der Waals surface area contributed by atoms with Crippen LogP contribution in [0, 0.1) is 5.92 Å². The first-order valence-electron chi connectivity index (χ1n) is 6.90. The summed E-state index contributed by atoms with van der Waals surface area (Å²) in [6.07, 6.45) is 5.04. The summed E-state index contributed by atoms with van der Waals surface area (Å²) >= 11 is 0. The van der Waals surface area contributed by atoms with Gasteiger partial charge >= 0.3 is 5.97 Å². The maximum Gasteiger partial charge on any atom is 0.308 e. The van der Waals surface area contributed by atoms with E-state index in [-0.39, 0.29) is 25.1 Å². The number of methoxy groups -OCH3 is 1. The van der Waals surface area contributed by atoms with Gasteiger partial charge in [0.2, 0.25) is 0 Å². The molecule has 5 heteroatoms. The molecule has 0 aromatic rings. The van der Waals surface area contributed by atoms with Gasteiger partial charge in [-0.15, -0.1) is 0 Å². The van der Waals surface area contributed by atoms with E-state index in [1.807, 2.05) is 6.92 Å². The van der Waals surface area contributed by atoms with Crippen molar-refractivity contribution in [1.82, 2.24) is 0 Å². The highest BCUT2D eigenvalue weighted by Gasteiger charge is 2.17. The Balaban J connectivity index is 3.77. The van der Waals surface area contributed by atoms with E-state index in [1.54, 1.807) is 0 Å². The molecule has 2 unspecified atom stereocenters. The zero-order chi connectivity index (χ0) is 14.5. The predicted octanol–water partition coefficient (Wildman–Crippen LogP) is 2.32. The van der Waals surface area contributed by atoms with Gasteiger partial charge in [-0.25, -0.2) is 0 Å². The van der Waals surface area contributed by atoms with Gasteiger partial charge in [0.05, 0.1) is 5.92 Å². The number of rotatable bonds is 12. The summed E-state index contributed by atoms with van der Waals surface area (Å²) in [7, 11) is 1.49. The Hall–Kier alpha value is -1.10. The van der Waals surface area contributed by atoms with Crippen LogP contribution >= 0.6 is 0 Å². The SMILES string of the molecule is CCCCCCC(C)C(=O)OCC(COC=O)OC. The second-order valence-electron chi connectivity index (χ2n) is 4.67. The molecule has 0 fully saturated rings. The standard InChI is InChI=1S/C14H26O5/c1-4-5-6-7-8-12(2)14(16)19-10-13(17-3)9-18-11-15/h11-13H,4-10H2,1-3H3. The summed E-state index contributed by atoms with van der Waals surface area (Å²) in [4.78, 5) is 21.8. The molecule has 0 saturated carbocycles. The van der Waals surface area contributed by atoms with Gasteiger partial charge in [0.25, 0.3) is 6.47 Å². The first-order chi connectivity index (χ1) is 9.15. The maximum absolute atomic E-state index is 11.7. The average molecular weight is 274 g/mol. The van der Waals surface area contributed by atoms with Crippen molar-refractivity contribution < 1.29 is 23.8 Å². The van der Waals surface area contributed by atoms with Gasteiger partial charge in [-0.3, -0.25) is 9.59 Å². The molecule has 112 valence electrons. The minimum absolute atomic E-state index is 0.0954. The van der Waals surface area contributed by atoms with E-state index in [2.05, 4.69) is 11.7 Å². The molecule has 0 heterocycles. The van der Waals surface area contributed by atoms with Gasteiger partial charge in [-0.1, -0.05) is 39.5 Å². The summed E-state index contributed by atoms with van der Waals surface area (Å²) in [6.45, 7) is 4.59. The molecule has 0 amide bonds. The Labute approximate surface area is 115 Å². The van der Waals surface area contributed by atoms with Crippen molar-refractivity contribution in [2.75, 3.05) is 20.3 Å². The van der Waals surface area contributed by atoms with Crippen LogP contribution in [0.2, 0.25) is 0 Å². The molecule has 2 atom stereocenters. The highest BCUT2D eigenvalue weighted by atomic mass is 16.6. The molecule has 0 spiro atoms. The third-order valence-electron chi connectivity index (χ3n) is 2.99. The lowest BCUT2D eigenvalue weighted by molar-refractivity contribution is -0.153. The molecule has 0 bridgehead atoms. The van der Waals surface area contributed by atoms with Crippen molar-refractivity contribution in [3.8, 4) is 0 Å². The van der Waals surface area contributed by atoms with Crippen LogP contribution in [-0.4, -0.2) is 38.9 Å². The summed E-state index contributed by atoms with van der Waals surface area (Å²) in [5.74, 6) is -0.314. The molecule has 19 heavy (non-hydrogen) atoms. The lowest BCUT2D eigenvalue weighted by Gasteiger charge is -2.16. The molecule has 5 nitrogen and oxygen atoms in total. The average Bonchev–Trinajstić information content (AvgIpc) is 2.43. The van der Waals surface area contributed by atoms with E-state index in [1.165, 1.54) is 20.0 Å². The van der Waals surface area contributed by atoms with Crippen LogP contribution in [0.1, 0.15) is 46.0 Å². The zero-order valence-electron chi connectivity index (χ0n) is 12.2. The Morgan fingerprint density at radius 3 is 2.53 bits per heavy atom. The summed E-state index contributed by atoms with van der Waals surface area (Å²) in [5.41, 5.74) is 0. The normalized spacial score (nSPS) is 13.6. The smallest absolute Gasteiger partial charge is 0.308 e. The second kappa shape index (κ2) is 12.0. The monoisotopic (exact) mass is 274 g/mol. The second-order valence-corrected chi connectivity index (χ2v) is 4.67. The van der Waals surface area contributed by atoms with E-state index >= 15 is 0 Å². The Kier molecular flexibility index (Phi) is 11.3. The van der Waals surface area contributed by atoms with E-state index in [4.69, 9.17) is 9.47 Å². The molecule has 0 N–H and O–H groups in total. The highest BCUT2D eigenvalue weighted by molar-refractivity contribution is 5.71. The third kappa shape index (κ3) is 9.47. The maximum atomic E-state index is 11.7. The number of carbonyl (C=O) groups is 2. The first-order valence-corrected chi connectivity index (χ1v) is 6.90. The van der Waals surface area contributed by atoms with Crippen molar-refractivity contribution in [3.63, 3.8) is 0 Å². The molecule has 0 saturated heterocycles. The Morgan fingerprint density at radius 2 is 1.95 bits per heavy atom. The molecule has 0 rings (SSSR count). The van der Waals surface area contributed by atoms with Crippen LogP contribution < -0.4 is 0 Å². The number of ether oxygens (including phenoxy) is 3. The number of hydrogen-bond donors (Lipinski definition) is 0. The summed E-state index contributed by atoms with van der Waals surface area (Å²) in [6, 6.07) is 0. The topological polar surface area (TPSA) is 61.8 Å². The van der Waals surface area contributed by atoms with Gasteiger partial charge in [0, 0.05) is 7.11 Å². The minimum Gasteiger partial charge on any atom is -0.465 e. The van der Waals surface area contributed by atoms with Crippen LogP contribution in [-0.2, 0) is 23.8 Å². The third-order valence-corrected chi connectivity index (χ3v) is 2.99. The molecule has 0 aromatic heterocycles. The Bertz CT molecular complexity index is 242. The van der Waals surface area contributed by atoms with E-state index < -0.39 is 6.10 Å². The van der Waals surface area contributed by atoms with Crippen LogP contribution in [0.15, 0.2) is 0 Å². The van der Waals surface area contributed by atoms with E-state index in [9.17, 15) is 9.59 Å². The quantitative estimate of drug-likeness (QED) is 0.310. The fourth-order valence-electron chi connectivity index (χ4n) is 1.64. The molecular formula is C14H26O5. The van der Waals surface area contributed by atoms with Crippen molar-refractivity contribution >= 4 is 12.4 Å². The molecular weight excluding hydrogens is 248 g/mol. The molecule has 0 aliphatic heterocycles. The molecule has 0 aromatic carbocycles. The van der Waals surface area contributed by atoms with Crippen LogP contribution in [0.25, 0.3) is 0 Å². The van der Waals surface area contributed by atoms with E-state index in [0.29, 0.717) is 6.47 Å². The van der Waals surface area contributed by atoms with Crippen molar-refractivity contribution in [3.05, 3.63) is 0 Å². The fourth-order valence-corrected chi connectivity index (χ4v) is 1.64. The highest BCUT2D eigenvalue weighted by Crippen LogP contribution is 2.12. The number of esters is 1. The summed E-state index contributed by atoms with van der Waals surface area (Å²) < 4.78 is 14.8. The van der Waals surface area contributed by atoms with E-state index in [0.717, 1.165) is 19.3 Å². The zero-order valence-corrected chi connectivity index (χ0v) is 12.2. The lowest BCUT2D eigenvalue weighted by atomic mass is 10.0. The largest absolute Gasteiger partial charge is 0.465 e. The minimum atomic E-state index is -0.401. The molecule has 0 radical (unpaired) electrons. The van der Waals surface area contributed by atoms with Crippen molar-refractivity contribution in [2.24, 2.45) is 5.92 Å². The molecule has 0 aliphatic rings. The number of carbonyl (C=O) groups excluding carboxylic acids is 2. The lowest BCUT2D eigenvalue weighted by Crippen LogP contribution is -2.27. The molecule has 0 aliphatic carbocycles.